The van der Waals surface area contributed by atoms with E-state index in [0.717, 1.165) is 16.1 Å². The molecule has 3 atom stereocenters. The number of fused-ring (bicyclic) bond motifs is 1. The minimum Gasteiger partial charge on any atom is -0.478 e. The molecular weight excluding hydrogens is 633 g/mol. The number of carboxylic acids is 1. The van der Waals surface area contributed by atoms with Gasteiger partial charge in [-0.25, -0.2) is 4.79 Å². The maximum Gasteiger partial charge on any atom is 0.336 e. The second-order valence-corrected chi connectivity index (χ2v) is 14.2. The van der Waals surface area contributed by atoms with Crippen molar-refractivity contribution in [1.82, 2.24) is 20.4 Å². The molecule has 4 aromatic rings. The number of nitrogens with zero attached hydrogens (tertiary/aromatic N) is 3. The third-order valence-corrected chi connectivity index (χ3v) is 11.5. The highest BCUT2D eigenvalue weighted by Crippen LogP contribution is 2.46. The summed E-state index contributed by atoms with van der Waals surface area (Å²) in [6.07, 6.45) is -0.651. The van der Waals surface area contributed by atoms with Crippen LogP contribution in [0.5, 0.6) is 0 Å². The van der Waals surface area contributed by atoms with Crippen molar-refractivity contribution < 1.29 is 29.0 Å². The van der Waals surface area contributed by atoms with Gasteiger partial charge in [-0.05, 0) is 30.2 Å². The number of aromatic carboxylic acids is 1. The van der Waals surface area contributed by atoms with E-state index in [1.807, 2.05) is 67.6 Å². The zero-order valence-electron chi connectivity index (χ0n) is 24.0. The Bertz CT molecular complexity index is 1700. The highest BCUT2D eigenvalue weighted by molar-refractivity contribution is 8.01. The molecule has 2 aliphatic rings. The summed E-state index contributed by atoms with van der Waals surface area (Å²) < 4.78 is 7.04. The molecule has 6 rings (SSSR count). The van der Waals surface area contributed by atoms with E-state index in [-0.39, 0.29) is 23.6 Å². The molecule has 230 valence electrons. The number of rotatable bonds is 10. The van der Waals surface area contributed by atoms with E-state index < -0.39 is 40.8 Å². The van der Waals surface area contributed by atoms with Crippen molar-refractivity contribution in [1.29, 1.82) is 0 Å². The fourth-order valence-electron chi connectivity index (χ4n) is 5.34. The first-order valence-electron chi connectivity index (χ1n) is 14.0. The molecule has 2 unspecified atom stereocenters. The molecule has 0 spiro atoms. The number of carbonyl (C=O) groups is 4. The average molecular weight is 661 g/mol. The molecule has 0 aliphatic carbocycles. The number of hydrogen-bond acceptors (Lipinski definition) is 10. The number of amides is 2. The van der Waals surface area contributed by atoms with Gasteiger partial charge in [0.1, 0.15) is 21.8 Å². The first-order valence-corrected chi connectivity index (χ1v) is 16.9. The molecule has 2 fully saturated rings. The van der Waals surface area contributed by atoms with Gasteiger partial charge in [0.2, 0.25) is 5.91 Å². The first kappa shape index (κ1) is 30.8. The monoisotopic (exact) mass is 660 g/mol. The van der Waals surface area contributed by atoms with Crippen LogP contribution in [-0.4, -0.2) is 73.4 Å². The molecule has 0 saturated carbocycles. The van der Waals surface area contributed by atoms with Crippen LogP contribution < -0.4 is 5.32 Å². The highest BCUT2D eigenvalue weighted by Gasteiger charge is 2.58. The number of thioether (sulfide) groups is 2. The molecule has 1 aromatic heterocycles. The Morgan fingerprint density at radius 1 is 1.00 bits per heavy atom. The molecule has 2 saturated heterocycles. The molecule has 13 heteroatoms. The fourth-order valence-corrected chi connectivity index (χ4v) is 9.00. The van der Waals surface area contributed by atoms with Gasteiger partial charge in [-0.3, -0.25) is 14.4 Å². The number of nitrogens with one attached hydrogen (secondary N) is 1. The summed E-state index contributed by atoms with van der Waals surface area (Å²) in [7, 11) is 0. The van der Waals surface area contributed by atoms with E-state index in [2.05, 4.69) is 15.5 Å². The Morgan fingerprint density at radius 2 is 1.62 bits per heavy atom. The second-order valence-electron chi connectivity index (χ2n) is 10.7. The first-order chi connectivity index (χ1) is 21.8. The smallest absolute Gasteiger partial charge is 0.336 e. The van der Waals surface area contributed by atoms with Gasteiger partial charge in [-0.15, -0.1) is 22.0 Å². The SMILES string of the molecule is Cc1nnc(SCC2(C(=O)OC(c3ccccc3)c3ccccc3)CS[C@@H]3C(NC(=O)c4ccccc4C(=O)O)C(=O)N3C2)s1. The Kier molecular flexibility index (Phi) is 8.92. The maximum absolute atomic E-state index is 14.3. The van der Waals surface area contributed by atoms with E-state index in [4.69, 9.17) is 4.74 Å². The van der Waals surface area contributed by atoms with Crippen molar-refractivity contribution in [3.8, 4) is 0 Å². The number of aromatic nitrogens is 2. The third kappa shape index (κ3) is 6.33. The Morgan fingerprint density at radius 3 is 2.22 bits per heavy atom. The lowest BCUT2D eigenvalue weighted by Crippen LogP contribution is -2.74. The zero-order valence-corrected chi connectivity index (χ0v) is 26.4. The van der Waals surface area contributed by atoms with E-state index in [9.17, 15) is 24.3 Å². The molecule has 2 N–H and O–H groups in total. The van der Waals surface area contributed by atoms with Crippen molar-refractivity contribution in [3.63, 3.8) is 0 Å². The molecule has 0 bridgehead atoms. The van der Waals surface area contributed by atoms with Crippen LogP contribution in [0.2, 0.25) is 0 Å². The normalized spacial score (nSPS) is 20.7. The van der Waals surface area contributed by atoms with E-state index in [1.165, 1.54) is 53.1 Å². The summed E-state index contributed by atoms with van der Waals surface area (Å²) in [6, 6.07) is 24.0. The topological polar surface area (TPSA) is 139 Å². The zero-order chi connectivity index (χ0) is 31.6. The number of ether oxygens (including phenoxy) is 1. The van der Waals surface area contributed by atoms with Crippen molar-refractivity contribution in [2.75, 3.05) is 18.1 Å². The number of carbonyl (C=O) groups excluding carboxylic acids is 3. The summed E-state index contributed by atoms with van der Waals surface area (Å²) in [5.74, 6) is -2.01. The molecule has 0 radical (unpaired) electrons. The standard InChI is InChI=1S/C32H28N4O6S3/c1-19-34-35-31(45-19)44-18-32(30(41)42-25(20-10-4-2-5-11-20)21-12-6-3-7-13-21)16-36-27(38)24(28(36)43-17-32)33-26(37)22-14-8-9-15-23(22)29(39)40/h2-15,24-25,28H,16-18H2,1H3,(H,33,37)(H,39,40)/t24?,28-,32?/m1/s1. The third-order valence-electron chi connectivity index (χ3n) is 7.68. The van der Waals surface area contributed by atoms with Gasteiger partial charge in [-0.2, -0.15) is 0 Å². The minimum absolute atomic E-state index is 0.0217. The number of β-lactam (4-membered cyclic amide) rings is 1. The van der Waals surface area contributed by atoms with Gasteiger partial charge in [-0.1, -0.05) is 95.9 Å². The van der Waals surface area contributed by atoms with Gasteiger partial charge < -0.3 is 20.1 Å². The van der Waals surface area contributed by atoms with Crippen LogP contribution in [0.4, 0.5) is 0 Å². The molecule has 45 heavy (non-hydrogen) atoms. The number of hydrogen-bond donors (Lipinski definition) is 2. The van der Waals surface area contributed by atoms with Gasteiger partial charge in [0.05, 0.1) is 11.1 Å². The molecular formula is C32H28N4O6S3. The Labute approximate surface area is 271 Å². The summed E-state index contributed by atoms with van der Waals surface area (Å²) in [5.41, 5.74) is 0.405. The van der Waals surface area contributed by atoms with Crippen molar-refractivity contribution in [2.24, 2.45) is 5.41 Å². The predicted octanol–water partition coefficient (Wildman–Crippen LogP) is 4.67. The molecule has 2 aliphatic heterocycles. The minimum atomic E-state index is -1.23. The van der Waals surface area contributed by atoms with Gasteiger partial charge in [0.15, 0.2) is 10.4 Å². The second kappa shape index (κ2) is 13.0. The van der Waals surface area contributed by atoms with Crippen LogP contribution in [0.25, 0.3) is 0 Å². The van der Waals surface area contributed by atoms with Crippen molar-refractivity contribution in [3.05, 3.63) is 112 Å². The summed E-state index contributed by atoms with van der Waals surface area (Å²) in [5, 5.41) is 20.9. The fraction of sp³-hybridized carbons (Fsp3) is 0.250. The lowest BCUT2D eigenvalue weighted by molar-refractivity contribution is -0.163. The quantitative estimate of drug-likeness (QED) is 0.140. The van der Waals surface area contributed by atoms with Crippen LogP contribution in [0, 0.1) is 12.3 Å². The van der Waals surface area contributed by atoms with Crippen LogP contribution in [0.3, 0.4) is 0 Å². The summed E-state index contributed by atoms with van der Waals surface area (Å²) >= 11 is 4.23. The Hall–Kier alpha value is -4.20. The van der Waals surface area contributed by atoms with Gasteiger partial charge >= 0.3 is 11.9 Å². The van der Waals surface area contributed by atoms with Gasteiger partial charge in [0.25, 0.3) is 5.91 Å². The average Bonchev–Trinajstić information content (AvgIpc) is 3.50. The Balaban J connectivity index is 1.24. The lowest BCUT2D eigenvalue weighted by atomic mass is 9.88. The van der Waals surface area contributed by atoms with E-state index in [0.29, 0.717) is 15.8 Å². The number of benzene rings is 3. The maximum atomic E-state index is 14.3. The van der Waals surface area contributed by atoms with Crippen LogP contribution in [0.1, 0.15) is 43.0 Å². The number of carboxylic acid groups (broad SMARTS) is 1. The van der Waals surface area contributed by atoms with Crippen LogP contribution in [0.15, 0.2) is 89.3 Å². The van der Waals surface area contributed by atoms with E-state index >= 15 is 0 Å². The molecule has 10 nitrogen and oxygen atoms in total. The predicted molar refractivity (Wildman–Crippen MR) is 171 cm³/mol. The van der Waals surface area contributed by atoms with Crippen molar-refractivity contribution in [2.45, 2.75) is 28.8 Å². The largest absolute Gasteiger partial charge is 0.478 e. The summed E-state index contributed by atoms with van der Waals surface area (Å²) in [6.45, 7) is 1.96. The molecule has 3 heterocycles. The van der Waals surface area contributed by atoms with Crippen molar-refractivity contribution >= 4 is 58.6 Å². The van der Waals surface area contributed by atoms with E-state index in [1.54, 1.807) is 11.0 Å². The number of aryl methyl sites for hydroxylation is 1. The van der Waals surface area contributed by atoms with Gasteiger partial charge in [0, 0.05) is 18.1 Å². The highest BCUT2D eigenvalue weighted by atomic mass is 32.2. The van der Waals surface area contributed by atoms with Crippen LogP contribution in [-0.2, 0) is 14.3 Å². The van der Waals surface area contributed by atoms with Crippen LogP contribution >= 0.6 is 34.9 Å². The summed E-state index contributed by atoms with van der Waals surface area (Å²) in [4.78, 5) is 54.0. The molecule has 2 amide bonds. The number of esters is 1. The lowest BCUT2D eigenvalue weighted by Gasteiger charge is -2.54. The molecule has 3 aromatic carbocycles.